The van der Waals surface area contributed by atoms with E-state index >= 15 is 0 Å². The molecule has 2 heterocycles. The summed E-state index contributed by atoms with van der Waals surface area (Å²) in [4.78, 5) is 12.8. The zero-order chi connectivity index (χ0) is 40.3. The highest BCUT2D eigenvalue weighted by Crippen LogP contribution is 2.26. The van der Waals surface area contributed by atoms with Crippen LogP contribution < -0.4 is 0 Å². The third kappa shape index (κ3) is 20.1. The Hall–Kier alpha value is -1.53. The van der Waals surface area contributed by atoms with Crippen LogP contribution in [0.3, 0.4) is 0 Å². The molecule has 0 amide bonds. The maximum Gasteiger partial charge on any atom is 0.306 e. The topological polar surface area (TPSA) is 214 Å². The summed E-state index contributed by atoms with van der Waals surface area (Å²) in [5, 5.41) is 71.6. The quantitative estimate of drug-likeness (QED) is 0.0303. The molecule has 2 fully saturated rings. The molecule has 0 aromatic rings. The summed E-state index contributed by atoms with van der Waals surface area (Å²) >= 11 is 0. The highest BCUT2D eigenvalue weighted by Gasteiger charge is 2.47. The number of ether oxygens (including phenoxy) is 6. The monoisotopic (exact) mass is 791 g/mol. The van der Waals surface area contributed by atoms with Gasteiger partial charge in [-0.2, -0.15) is 0 Å². The van der Waals surface area contributed by atoms with E-state index in [1.807, 2.05) is 0 Å². The number of hydrogen-bond acceptors (Lipinski definition) is 14. The van der Waals surface area contributed by atoms with Crippen LogP contribution >= 0.6 is 0 Å². The number of carbonyl (C=O) groups excluding carboxylic acids is 1. The van der Waals surface area contributed by atoms with Gasteiger partial charge in [-0.05, 0) is 44.9 Å². The van der Waals surface area contributed by atoms with E-state index in [-0.39, 0.29) is 19.6 Å². The third-order valence-corrected chi connectivity index (χ3v) is 9.96. The zero-order valence-corrected chi connectivity index (χ0v) is 33.4. The van der Waals surface area contributed by atoms with Crippen molar-refractivity contribution in [3.05, 3.63) is 24.3 Å². The fraction of sp³-hybridized carbons (Fsp3) is 0.878. The highest BCUT2D eigenvalue weighted by atomic mass is 16.7. The van der Waals surface area contributed by atoms with Crippen LogP contribution in [0.1, 0.15) is 129 Å². The van der Waals surface area contributed by atoms with Crippen molar-refractivity contribution in [3.8, 4) is 0 Å². The van der Waals surface area contributed by atoms with Gasteiger partial charge in [-0.15, -0.1) is 0 Å². The van der Waals surface area contributed by atoms with Crippen molar-refractivity contribution in [1.29, 1.82) is 0 Å². The minimum absolute atomic E-state index is 0.0561. The van der Waals surface area contributed by atoms with E-state index in [4.69, 9.17) is 28.4 Å². The molecule has 0 aromatic heterocycles. The normalized spacial score (nSPS) is 29.3. The lowest BCUT2D eigenvalue weighted by atomic mass is 9.98. The molecule has 0 radical (unpaired) electrons. The minimum atomic E-state index is -1.70. The van der Waals surface area contributed by atoms with Crippen molar-refractivity contribution >= 4 is 5.97 Å². The van der Waals surface area contributed by atoms with E-state index in [1.54, 1.807) is 0 Å². The van der Waals surface area contributed by atoms with Gasteiger partial charge in [0, 0.05) is 13.0 Å². The average molecular weight is 791 g/mol. The molecule has 55 heavy (non-hydrogen) atoms. The predicted molar refractivity (Wildman–Crippen MR) is 206 cm³/mol. The number of aliphatic hydroxyl groups is 7. The molecule has 0 spiro atoms. The van der Waals surface area contributed by atoms with Gasteiger partial charge in [-0.1, -0.05) is 102 Å². The summed E-state index contributed by atoms with van der Waals surface area (Å²) < 4.78 is 33.9. The first-order valence-corrected chi connectivity index (χ1v) is 20.9. The lowest BCUT2D eigenvalue weighted by Gasteiger charge is -2.42. The minimum Gasteiger partial charge on any atom is -0.457 e. The van der Waals surface area contributed by atoms with E-state index in [0.717, 1.165) is 64.2 Å². The molecule has 0 aliphatic carbocycles. The number of allylic oxidation sites excluding steroid dienone is 4. The second-order valence-electron chi connectivity index (χ2n) is 14.8. The van der Waals surface area contributed by atoms with Crippen LogP contribution in [0.15, 0.2) is 24.3 Å². The van der Waals surface area contributed by atoms with Gasteiger partial charge >= 0.3 is 5.97 Å². The Labute approximate surface area is 328 Å². The van der Waals surface area contributed by atoms with Crippen LogP contribution in [0.5, 0.6) is 0 Å². The Bertz CT molecular complexity index is 1010. The van der Waals surface area contributed by atoms with Crippen LogP contribution in [0, 0.1) is 0 Å². The van der Waals surface area contributed by atoms with E-state index in [0.29, 0.717) is 13.0 Å². The van der Waals surface area contributed by atoms with E-state index in [1.165, 1.54) is 38.5 Å². The Kier molecular flexibility index (Phi) is 27.5. The van der Waals surface area contributed by atoms with Crippen molar-refractivity contribution in [2.45, 2.75) is 197 Å². The van der Waals surface area contributed by atoms with Gasteiger partial charge in [0.1, 0.15) is 54.9 Å². The van der Waals surface area contributed by atoms with Crippen molar-refractivity contribution in [1.82, 2.24) is 0 Å². The molecule has 0 saturated carbocycles. The van der Waals surface area contributed by atoms with Gasteiger partial charge in [0.2, 0.25) is 0 Å². The average Bonchev–Trinajstić information content (AvgIpc) is 3.18. The summed E-state index contributed by atoms with van der Waals surface area (Å²) in [5.74, 6) is -0.395. The second-order valence-corrected chi connectivity index (χ2v) is 14.8. The molecule has 0 aromatic carbocycles. The second kappa shape index (κ2) is 30.5. The fourth-order valence-electron chi connectivity index (χ4n) is 6.43. The van der Waals surface area contributed by atoms with E-state index in [2.05, 4.69) is 38.2 Å². The lowest BCUT2D eigenvalue weighted by molar-refractivity contribution is -0.332. The fourth-order valence-corrected chi connectivity index (χ4v) is 6.43. The van der Waals surface area contributed by atoms with Gasteiger partial charge in [-0.25, -0.2) is 0 Å². The van der Waals surface area contributed by atoms with Crippen molar-refractivity contribution in [3.63, 3.8) is 0 Å². The standard InChI is InChI=1S/C41H74O14/c1-3-5-7-9-11-12-13-14-15-16-17-18-19-20-22-24-33(43)53-30(27-50-25-23-21-10-8-6-4-2)28-51-40-39(49)37(47)35(45)32(55-40)29-52-41-38(48)36(46)34(44)31(26-42)54-41/h11-12,14-15,30-32,34-42,44-49H,3-10,13,16-29H2,1-2H3/b12-11-,15-14-. The molecular formula is C41H74O14. The van der Waals surface area contributed by atoms with Gasteiger partial charge < -0.3 is 64.2 Å². The van der Waals surface area contributed by atoms with Gasteiger partial charge in [-0.3, -0.25) is 4.79 Å². The Morgan fingerprint density at radius 2 is 1.13 bits per heavy atom. The molecule has 0 bridgehead atoms. The molecule has 2 rings (SSSR count). The highest BCUT2D eigenvalue weighted by molar-refractivity contribution is 5.69. The maximum absolute atomic E-state index is 12.8. The molecule has 11 atom stereocenters. The zero-order valence-electron chi connectivity index (χ0n) is 33.4. The molecule has 11 unspecified atom stereocenters. The number of aliphatic hydroxyl groups excluding tert-OH is 7. The van der Waals surface area contributed by atoms with Crippen LogP contribution in [0.4, 0.5) is 0 Å². The van der Waals surface area contributed by atoms with E-state index in [9.17, 15) is 40.5 Å². The number of unbranched alkanes of at least 4 members (excludes halogenated alkanes) is 13. The van der Waals surface area contributed by atoms with Crippen molar-refractivity contribution in [2.75, 3.05) is 33.0 Å². The van der Waals surface area contributed by atoms with Crippen LogP contribution in [0.2, 0.25) is 0 Å². The first kappa shape index (κ1) is 49.6. The lowest BCUT2D eigenvalue weighted by Crippen LogP contribution is -2.61. The number of rotatable bonds is 31. The number of carbonyl (C=O) groups is 1. The molecule has 7 N–H and O–H groups in total. The molecule has 14 heteroatoms. The summed E-state index contributed by atoms with van der Waals surface area (Å²) in [6.07, 6.45) is 11.4. The smallest absolute Gasteiger partial charge is 0.306 e. The van der Waals surface area contributed by atoms with Crippen LogP contribution in [-0.4, -0.2) is 142 Å². The molecule has 322 valence electrons. The Morgan fingerprint density at radius 1 is 0.600 bits per heavy atom. The molecule has 14 nitrogen and oxygen atoms in total. The van der Waals surface area contributed by atoms with Gasteiger partial charge in [0.05, 0.1) is 26.4 Å². The largest absolute Gasteiger partial charge is 0.457 e. The Balaban J connectivity index is 1.81. The summed E-state index contributed by atoms with van der Waals surface area (Å²) in [7, 11) is 0. The summed E-state index contributed by atoms with van der Waals surface area (Å²) in [5.41, 5.74) is 0. The molecule has 2 saturated heterocycles. The van der Waals surface area contributed by atoms with Crippen molar-refractivity contribution in [2.24, 2.45) is 0 Å². The number of esters is 1. The van der Waals surface area contributed by atoms with Crippen LogP contribution in [-0.2, 0) is 33.2 Å². The molecule has 2 aliphatic rings. The molecular weight excluding hydrogens is 716 g/mol. The van der Waals surface area contributed by atoms with E-state index < -0.39 is 86.7 Å². The SMILES string of the molecule is CCCCC/C=C\C/C=C\CCCCCCCC(=O)OC(COCCCCCCCC)COC1OC(COC2OC(CO)C(O)C(O)C2O)C(O)C(O)C1O. The first-order valence-electron chi connectivity index (χ1n) is 20.9. The number of hydrogen-bond donors (Lipinski definition) is 7. The molecule has 2 aliphatic heterocycles. The first-order chi connectivity index (χ1) is 26.6. The summed E-state index contributed by atoms with van der Waals surface area (Å²) in [6, 6.07) is 0. The van der Waals surface area contributed by atoms with Gasteiger partial charge in [0.25, 0.3) is 0 Å². The Morgan fingerprint density at radius 3 is 1.78 bits per heavy atom. The van der Waals surface area contributed by atoms with Crippen LogP contribution in [0.25, 0.3) is 0 Å². The maximum atomic E-state index is 12.8. The third-order valence-electron chi connectivity index (χ3n) is 9.96. The van der Waals surface area contributed by atoms with Crippen molar-refractivity contribution < 1.29 is 69.0 Å². The van der Waals surface area contributed by atoms with Gasteiger partial charge in [0.15, 0.2) is 12.6 Å². The summed E-state index contributed by atoms with van der Waals surface area (Å²) in [6.45, 7) is 3.55. The predicted octanol–water partition coefficient (Wildman–Crippen LogP) is 3.73.